The van der Waals surface area contributed by atoms with E-state index in [1.165, 1.54) is 12.1 Å². The Morgan fingerprint density at radius 2 is 2.08 bits per heavy atom. The average molecular weight is 533 g/mol. The number of aliphatic hydroxyl groups is 1. The molecule has 4 aromatic rings. The number of hydrogen-bond donors (Lipinski definition) is 3. The van der Waals surface area contributed by atoms with Crippen molar-refractivity contribution in [3.8, 4) is 0 Å². The van der Waals surface area contributed by atoms with E-state index in [2.05, 4.69) is 27.2 Å². The first-order chi connectivity index (χ1) is 18.7. The normalized spacial score (nSPS) is 16.1. The second-order valence-electron chi connectivity index (χ2n) is 9.93. The Morgan fingerprint density at radius 1 is 1.26 bits per heavy atom. The largest absolute Gasteiger partial charge is 0.389 e. The third-order valence-electron chi connectivity index (χ3n) is 6.91. The maximum atomic E-state index is 13.9. The molecule has 2 atom stereocenters. The number of carbonyl (C=O) groups excluding carboxylic acids is 1. The molecule has 5 rings (SSSR count). The van der Waals surface area contributed by atoms with Gasteiger partial charge in [0.15, 0.2) is 5.69 Å². The number of benzene rings is 2. The number of aromatic nitrogens is 3. The van der Waals surface area contributed by atoms with Crippen molar-refractivity contribution in [1.29, 1.82) is 0 Å². The summed E-state index contributed by atoms with van der Waals surface area (Å²) < 4.78 is 15.6. The molecule has 11 heteroatoms. The highest BCUT2D eigenvalue weighted by atomic mass is 19.1. The van der Waals surface area contributed by atoms with Crippen LogP contribution < -0.4 is 5.32 Å². The maximum absolute atomic E-state index is 13.9. The van der Waals surface area contributed by atoms with E-state index in [1.807, 2.05) is 18.3 Å². The zero-order valence-corrected chi connectivity index (χ0v) is 21.6. The van der Waals surface area contributed by atoms with Crippen molar-refractivity contribution < 1.29 is 19.2 Å². The number of nitro groups is 1. The molecular formula is C28H29FN6O4. The molecule has 0 fully saturated rings. The lowest BCUT2D eigenvalue weighted by atomic mass is 9.95. The molecule has 2 unspecified atom stereocenters. The molecule has 3 N–H and O–H groups in total. The second-order valence-corrected chi connectivity index (χ2v) is 9.93. The molecule has 2 aromatic carbocycles. The molecule has 10 nitrogen and oxygen atoms in total. The standard InChI is InChI=1S/C28H29FN6O4/c1-17-13-33(15-22-7-4-10-30-22)16-23-26(28(37)31-21-6-3-5-20(12-21)18(2)36)32-34(27(17)23)14-19-8-9-24(29)25(11-19)35(38)39/h3-12,17-18,30,36H,13-16H2,1-2H3,(H,31,37). The Bertz CT molecular complexity index is 1510. The number of nitrogens with one attached hydrogen (secondary N) is 2. The first-order valence-corrected chi connectivity index (χ1v) is 12.7. The summed E-state index contributed by atoms with van der Waals surface area (Å²) in [5.74, 6) is -1.29. The van der Waals surface area contributed by atoms with Crippen molar-refractivity contribution in [2.24, 2.45) is 0 Å². The molecule has 39 heavy (non-hydrogen) atoms. The van der Waals surface area contributed by atoms with Gasteiger partial charge in [-0.2, -0.15) is 9.49 Å². The zero-order valence-electron chi connectivity index (χ0n) is 21.6. The number of H-pyrrole nitrogens is 1. The van der Waals surface area contributed by atoms with Crippen molar-refractivity contribution in [1.82, 2.24) is 19.7 Å². The average Bonchev–Trinajstić information content (AvgIpc) is 3.53. The summed E-state index contributed by atoms with van der Waals surface area (Å²) in [7, 11) is 0. The fraction of sp³-hybridized carbons (Fsp3) is 0.286. The highest BCUT2D eigenvalue weighted by Gasteiger charge is 2.32. The number of fused-ring (bicyclic) bond motifs is 1. The van der Waals surface area contributed by atoms with E-state index in [9.17, 15) is 24.4 Å². The number of aromatic amines is 1. The van der Waals surface area contributed by atoms with E-state index in [1.54, 1.807) is 35.9 Å². The number of anilines is 1. The van der Waals surface area contributed by atoms with Crippen molar-refractivity contribution >= 4 is 17.3 Å². The molecule has 2 aromatic heterocycles. The number of carbonyl (C=O) groups is 1. The number of hydrogen-bond acceptors (Lipinski definition) is 6. The maximum Gasteiger partial charge on any atom is 0.305 e. The molecule has 0 spiro atoms. The summed E-state index contributed by atoms with van der Waals surface area (Å²) in [6.07, 6.45) is 1.19. The van der Waals surface area contributed by atoms with Gasteiger partial charge in [0.1, 0.15) is 0 Å². The van der Waals surface area contributed by atoms with E-state index in [4.69, 9.17) is 0 Å². The van der Waals surface area contributed by atoms with Crippen molar-refractivity contribution in [2.45, 2.75) is 45.5 Å². The monoisotopic (exact) mass is 532 g/mol. The lowest BCUT2D eigenvalue weighted by Crippen LogP contribution is -2.34. The molecule has 1 aliphatic heterocycles. The molecule has 202 valence electrons. The van der Waals surface area contributed by atoms with E-state index in [0.29, 0.717) is 29.9 Å². The van der Waals surface area contributed by atoms with Gasteiger partial charge in [0, 0.05) is 60.5 Å². The molecule has 1 amide bonds. The van der Waals surface area contributed by atoms with Gasteiger partial charge in [-0.15, -0.1) is 0 Å². The summed E-state index contributed by atoms with van der Waals surface area (Å²) in [4.78, 5) is 29.5. The lowest BCUT2D eigenvalue weighted by molar-refractivity contribution is -0.387. The molecule has 0 saturated heterocycles. The van der Waals surface area contributed by atoms with Crippen LogP contribution in [0.15, 0.2) is 60.8 Å². The van der Waals surface area contributed by atoms with E-state index in [0.717, 1.165) is 29.6 Å². The number of rotatable bonds is 8. The smallest absolute Gasteiger partial charge is 0.305 e. The summed E-state index contributed by atoms with van der Waals surface area (Å²) in [5.41, 5.74) is 4.06. The number of aliphatic hydroxyl groups excluding tert-OH is 1. The number of nitrogens with zero attached hydrogens (tertiary/aromatic N) is 4. The van der Waals surface area contributed by atoms with Gasteiger partial charge in [0.25, 0.3) is 5.91 Å². The van der Waals surface area contributed by atoms with Crippen LogP contribution in [-0.4, -0.2) is 42.1 Å². The number of amides is 1. The predicted octanol–water partition coefficient (Wildman–Crippen LogP) is 4.73. The highest BCUT2D eigenvalue weighted by Crippen LogP contribution is 2.33. The van der Waals surface area contributed by atoms with Gasteiger partial charge in [-0.3, -0.25) is 24.5 Å². The van der Waals surface area contributed by atoms with Crippen LogP contribution in [0.2, 0.25) is 0 Å². The first-order valence-electron chi connectivity index (χ1n) is 12.7. The van der Waals surface area contributed by atoms with Crippen LogP contribution >= 0.6 is 0 Å². The molecule has 0 saturated carbocycles. The van der Waals surface area contributed by atoms with Crippen LogP contribution in [0.5, 0.6) is 0 Å². The molecular weight excluding hydrogens is 503 g/mol. The van der Waals surface area contributed by atoms with Crippen LogP contribution in [0.4, 0.5) is 15.8 Å². The summed E-state index contributed by atoms with van der Waals surface area (Å²) in [5, 5.41) is 28.8. The van der Waals surface area contributed by atoms with Gasteiger partial charge in [-0.05, 0) is 48.4 Å². The van der Waals surface area contributed by atoms with Crippen LogP contribution in [0.3, 0.4) is 0 Å². The lowest BCUT2D eigenvalue weighted by Gasteiger charge is -2.31. The second kappa shape index (κ2) is 10.8. The van der Waals surface area contributed by atoms with Gasteiger partial charge in [0.2, 0.25) is 5.82 Å². The highest BCUT2D eigenvalue weighted by molar-refractivity contribution is 6.04. The molecule has 0 radical (unpaired) electrons. The number of halogens is 1. The quantitative estimate of drug-likeness (QED) is 0.222. The van der Waals surface area contributed by atoms with Crippen LogP contribution in [0.1, 0.15) is 64.4 Å². The van der Waals surface area contributed by atoms with Crippen molar-refractivity contribution in [3.05, 3.63) is 110 Å². The Balaban J connectivity index is 1.50. The molecule has 3 heterocycles. The van der Waals surface area contributed by atoms with Gasteiger partial charge < -0.3 is 15.4 Å². The minimum Gasteiger partial charge on any atom is -0.389 e. The number of nitro benzene ring substituents is 1. The minimum absolute atomic E-state index is 0.00626. The first kappa shape index (κ1) is 26.3. The van der Waals surface area contributed by atoms with Gasteiger partial charge >= 0.3 is 5.69 Å². The van der Waals surface area contributed by atoms with E-state index < -0.39 is 28.4 Å². The molecule has 0 aliphatic carbocycles. The summed E-state index contributed by atoms with van der Waals surface area (Å²) in [6, 6.07) is 14.7. The SMILES string of the molecule is CC(O)c1cccc(NC(=O)c2nn(Cc3ccc(F)c([N+](=O)[O-])c3)c3c2CN(Cc2ccc[nH]2)CC3C)c1. The van der Waals surface area contributed by atoms with Gasteiger partial charge in [0.05, 0.1) is 17.6 Å². The summed E-state index contributed by atoms with van der Waals surface area (Å²) in [6.45, 7) is 5.73. The summed E-state index contributed by atoms with van der Waals surface area (Å²) >= 11 is 0. The van der Waals surface area contributed by atoms with Crippen molar-refractivity contribution in [2.75, 3.05) is 11.9 Å². The van der Waals surface area contributed by atoms with Gasteiger partial charge in [-0.25, -0.2) is 0 Å². The van der Waals surface area contributed by atoms with Crippen molar-refractivity contribution in [3.63, 3.8) is 0 Å². The Kier molecular flexibility index (Phi) is 7.27. The Hall–Kier alpha value is -4.35. The zero-order chi connectivity index (χ0) is 27.7. The van der Waals surface area contributed by atoms with E-state index in [-0.39, 0.29) is 18.2 Å². The topological polar surface area (TPSA) is 129 Å². The Labute approximate surface area is 224 Å². The van der Waals surface area contributed by atoms with Crippen LogP contribution in [0, 0.1) is 15.9 Å². The molecule has 1 aliphatic rings. The fourth-order valence-electron chi connectivity index (χ4n) is 5.15. The molecule has 0 bridgehead atoms. The Morgan fingerprint density at radius 3 is 2.79 bits per heavy atom. The minimum atomic E-state index is -0.904. The third kappa shape index (κ3) is 5.59. The third-order valence-corrected chi connectivity index (χ3v) is 6.91. The van der Waals surface area contributed by atoms with Crippen LogP contribution in [0.25, 0.3) is 0 Å². The fourth-order valence-corrected chi connectivity index (χ4v) is 5.15. The van der Waals surface area contributed by atoms with Gasteiger partial charge in [-0.1, -0.05) is 25.1 Å². The van der Waals surface area contributed by atoms with Crippen LogP contribution in [-0.2, 0) is 19.6 Å². The van der Waals surface area contributed by atoms with E-state index >= 15 is 0 Å². The predicted molar refractivity (Wildman–Crippen MR) is 143 cm³/mol.